The lowest BCUT2D eigenvalue weighted by atomic mass is 10.1. The summed E-state index contributed by atoms with van der Waals surface area (Å²) in [6, 6.07) is 21.5. The number of nitrogens with one attached hydrogen (secondary N) is 1. The highest BCUT2D eigenvalue weighted by Crippen LogP contribution is 2.37. The second-order valence-electron chi connectivity index (χ2n) is 7.78. The minimum absolute atomic E-state index is 0.210. The molecular weight excluding hydrogens is 496 g/mol. The molecule has 7 heteroatoms. The van der Waals surface area contributed by atoms with Gasteiger partial charge in [-0.3, -0.25) is 4.79 Å². The molecule has 1 amide bonds. The summed E-state index contributed by atoms with van der Waals surface area (Å²) < 4.78 is 17.6. The lowest BCUT2D eigenvalue weighted by Crippen LogP contribution is -2.36. The number of benzene rings is 3. The van der Waals surface area contributed by atoms with E-state index < -0.39 is 0 Å². The van der Waals surface area contributed by atoms with Crippen LogP contribution in [-0.2, 0) is 16.1 Å². The molecule has 1 aliphatic heterocycles. The maximum atomic E-state index is 12.4. The summed E-state index contributed by atoms with van der Waals surface area (Å²) in [5, 5.41) is 2.90. The van der Waals surface area contributed by atoms with Crippen LogP contribution in [0, 0.1) is 0 Å². The normalized spacial score (nSPS) is 13.6. The number of halogens is 1. The van der Waals surface area contributed by atoms with Gasteiger partial charge in [0.05, 0.1) is 24.8 Å². The Morgan fingerprint density at radius 2 is 1.82 bits per heavy atom. The molecule has 1 N–H and O–H groups in total. The highest BCUT2D eigenvalue weighted by atomic mass is 79.9. The molecule has 0 atom stereocenters. The zero-order valence-corrected chi connectivity index (χ0v) is 20.6. The van der Waals surface area contributed by atoms with Crippen molar-refractivity contribution in [3.8, 4) is 11.5 Å². The van der Waals surface area contributed by atoms with Crippen molar-refractivity contribution in [3.05, 3.63) is 88.4 Å². The van der Waals surface area contributed by atoms with Crippen molar-refractivity contribution >= 4 is 39.3 Å². The van der Waals surface area contributed by atoms with Gasteiger partial charge in [-0.25, -0.2) is 0 Å². The van der Waals surface area contributed by atoms with Crippen molar-refractivity contribution in [2.24, 2.45) is 0 Å². The van der Waals surface area contributed by atoms with Gasteiger partial charge in [0.25, 0.3) is 0 Å². The maximum absolute atomic E-state index is 12.4. The van der Waals surface area contributed by atoms with Crippen LogP contribution < -0.4 is 19.7 Å². The van der Waals surface area contributed by atoms with Crippen molar-refractivity contribution in [1.29, 1.82) is 0 Å². The Morgan fingerprint density at radius 1 is 1.09 bits per heavy atom. The number of hydrogen-bond acceptors (Lipinski definition) is 5. The average Bonchev–Trinajstić information content (AvgIpc) is 2.88. The van der Waals surface area contributed by atoms with Gasteiger partial charge in [0.1, 0.15) is 6.61 Å². The van der Waals surface area contributed by atoms with Gasteiger partial charge in [0.15, 0.2) is 11.5 Å². The van der Waals surface area contributed by atoms with E-state index in [4.69, 9.17) is 14.2 Å². The molecule has 1 heterocycles. The number of ether oxygens (including phenoxy) is 3. The Labute approximate surface area is 208 Å². The summed E-state index contributed by atoms with van der Waals surface area (Å²) in [4.78, 5) is 14.7. The van der Waals surface area contributed by atoms with Crippen molar-refractivity contribution < 1.29 is 19.0 Å². The number of rotatable bonds is 8. The van der Waals surface area contributed by atoms with Crippen LogP contribution in [0.3, 0.4) is 0 Å². The monoisotopic (exact) mass is 522 g/mol. The van der Waals surface area contributed by atoms with Crippen molar-refractivity contribution in [2.75, 3.05) is 43.6 Å². The standard InChI is InChI=1S/C27H27BrN2O4/c1-32-25-18-21(17-24(28)27(25)34-19-20-5-3-2-4-6-20)7-12-26(31)29-22-8-10-23(11-9-22)30-13-15-33-16-14-30/h2-12,17-18H,13-16,19H2,1H3,(H,29,31)/b12-7+. The molecule has 3 aromatic carbocycles. The summed E-state index contributed by atoms with van der Waals surface area (Å²) in [6.45, 7) is 3.67. The summed E-state index contributed by atoms with van der Waals surface area (Å²) in [7, 11) is 1.60. The van der Waals surface area contributed by atoms with E-state index in [1.54, 1.807) is 13.2 Å². The summed E-state index contributed by atoms with van der Waals surface area (Å²) in [5.41, 5.74) is 3.75. The van der Waals surface area contributed by atoms with Crippen LogP contribution in [0.4, 0.5) is 11.4 Å². The van der Waals surface area contributed by atoms with Crippen LogP contribution in [0.5, 0.6) is 11.5 Å². The first kappa shape index (κ1) is 23.9. The first-order valence-corrected chi connectivity index (χ1v) is 11.9. The van der Waals surface area contributed by atoms with Crippen molar-refractivity contribution in [3.63, 3.8) is 0 Å². The molecule has 0 radical (unpaired) electrons. The molecule has 1 aliphatic rings. The third-order valence-corrected chi connectivity index (χ3v) is 6.01. The molecule has 3 aromatic rings. The molecule has 176 valence electrons. The summed E-state index contributed by atoms with van der Waals surface area (Å²) in [6.07, 6.45) is 3.24. The molecule has 0 saturated carbocycles. The van der Waals surface area contributed by atoms with E-state index in [9.17, 15) is 4.79 Å². The number of amides is 1. The molecule has 1 saturated heterocycles. The molecular formula is C27H27BrN2O4. The van der Waals surface area contributed by atoms with Crippen LogP contribution in [0.15, 0.2) is 77.3 Å². The SMILES string of the molecule is COc1cc(/C=C/C(=O)Nc2ccc(N3CCOCC3)cc2)cc(Br)c1OCc1ccccc1. The van der Waals surface area contributed by atoms with E-state index in [-0.39, 0.29) is 5.91 Å². The lowest BCUT2D eigenvalue weighted by Gasteiger charge is -2.28. The molecule has 1 fully saturated rings. The van der Waals surface area contributed by atoms with E-state index in [1.165, 1.54) is 6.08 Å². The molecule has 0 bridgehead atoms. The third-order valence-electron chi connectivity index (χ3n) is 5.42. The molecule has 6 nitrogen and oxygen atoms in total. The Hall–Kier alpha value is -3.29. The zero-order valence-electron chi connectivity index (χ0n) is 19.0. The molecule has 4 rings (SSSR count). The minimum Gasteiger partial charge on any atom is -0.493 e. The summed E-state index contributed by atoms with van der Waals surface area (Å²) in [5.74, 6) is 0.996. The fourth-order valence-electron chi connectivity index (χ4n) is 3.64. The zero-order chi connectivity index (χ0) is 23.8. The van der Waals surface area contributed by atoms with Gasteiger partial charge in [0, 0.05) is 30.5 Å². The summed E-state index contributed by atoms with van der Waals surface area (Å²) >= 11 is 3.56. The Kier molecular flexibility index (Phi) is 8.22. The Morgan fingerprint density at radius 3 is 2.53 bits per heavy atom. The van der Waals surface area contributed by atoms with Gasteiger partial charge >= 0.3 is 0 Å². The number of nitrogens with zero attached hydrogens (tertiary/aromatic N) is 1. The highest BCUT2D eigenvalue weighted by Gasteiger charge is 2.12. The number of anilines is 2. The lowest BCUT2D eigenvalue weighted by molar-refractivity contribution is -0.111. The van der Waals surface area contributed by atoms with Gasteiger partial charge in [-0.2, -0.15) is 0 Å². The van der Waals surface area contributed by atoms with Gasteiger partial charge in [0.2, 0.25) is 5.91 Å². The van der Waals surface area contributed by atoms with Gasteiger partial charge < -0.3 is 24.4 Å². The predicted octanol–water partition coefficient (Wildman–Crippen LogP) is 5.53. The Balaban J connectivity index is 1.37. The van der Waals surface area contributed by atoms with E-state index >= 15 is 0 Å². The molecule has 34 heavy (non-hydrogen) atoms. The number of methoxy groups -OCH3 is 1. The van der Waals surface area contributed by atoms with E-state index in [0.29, 0.717) is 18.1 Å². The average molecular weight is 523 g/mol. The van der Waals surface area contributed by atoms with Crippen LogP contribution in [0.25, 0.3) is 6.08 Å². The van der Waals surface area contributed by atoms with Crippen LogP contribution >= 0.6 is 15.9 Å². The molecule has 0 aliphatic carbocycles. The predicted molar refractivity (Wildman–Crippen MR) is 139 cm³/mol. The van der Waals surface area contributed by atoms with E-state index in [1.807, 2.05) is 66.7 Å². The smallest absolute Gasteiger partial charge is 0.248 e. The van der Waals surface area contributed by atoms with Crippen LogP contribution in [0.2, 0.25) is 0 Å². The minimum atomic E-state index is -0.210. The second-order valence-corrected chi connectivity index (χ2v) is 8.63. The topological polar surface area (TPSA) is 60.0 Å². The van der Waals surface area contributed by atoms with Crippen LogP contribution in [-0.4, -0.2) is 39.3 Å². The Bertz CT molecular complexity index is 1130. The van der Waals surface area contributed by atoms with Gasteiger partial charge in [-0.05, 0) is 69.5 Å². The highest BCUT2D eigenvalue weighted by molar-refractivity contribution is 9.10. The molecule has 0 unspecified atom stereocenters. The third kappa shape index (κ3) is 6.40. The second kappa shape index (κ2) is 11.7. The van der Waals surface area contributed by atoms with E-state index in [2.05, 4.69) is 26.1 Å². The largest absolute Gasteiger partial charge is 0.493 e. The van der Waals surface area contributed by atoms with Crippen molar-refractivity contribution in [1.82, 2.24) is 0 Å². The van der Waals surface area contributed by atoms with Crippen molar-refractivity contribution in [2.45, 2.75) is 6.61 Å². The maximum Gasteiger partial charge on any atom is 0.248 e. The quantitative estimate of drug-likeness (QED) is 0.394. The van der Waals surface area contributed by atoms with Crippen LogP contribution in [0.1, 0.15) is 11.1 Å². The van der Waals surface area contributed by atoms with Gasteiger partial charge in [-0.1, -0.05) is 30.3 Å². The fraction of sp³-hybridized carbons (Fsp3) is 0.222. The van der Waals surface area contributed by atoms with Gasteiger partial charge in [-0.15, -0.1) is 0 Å². The fourth-order valence-corrected chi connectivity index (χ4v) is 4.21. The first-order chi connectivity index (χ1) is 16.6. The molecule has 0 aromatic heterocycles. The number of carbonyl (C=O) groups is 1. The number of morpholine rings is 1. The number of carbonyl (C=O) groups excluding carboxylic acids is 1. The molecule has 0 spiro atoms. The first-order valence-electron chi connectivity index (χ1n) is 11.1. The number of hydrogen-bond donors (Lipinski definition) is 1. The van der Waals surface area contributed by atoms with E-state index in [0.717, 1.165) is 53.3 Å².